The highest BCUT2D eigenvalue weighted by atomic mass is 35.5. The van der Waals surface area contributed by atoms with Crippen LogP contribution in [0.5, 0.6) is 0 Å². The number of rotatable bonds is 4. The number of fused-ring (bicyclic) bond motifs is 1. The van der Waals surface area contributed by atoms with E-state index in [1.165, 1.54) is 0 Å². The van der Waals surface area contributed by atoms with E-state index in [2.05, 4.69) is 4.72 Å². The van der Waals surface area contributed by atoms with Crippen LogP contribution >= 0.6 is 12.4 Å². The normalized spacial score (nSPS) is 17.1. The number of anilines is 1. The lowest BCUT2D eigenvalue weighted by atomic mass is 9.88. The van der Waals surface area contributed by atoms with Gasteiger partial charge in [0.25, 0.3) is 0 Å². The minimum Gasteiger partial charge on any atom is -0.399 e. The van der Waals surface area contributed by atoms with Crippen LogP contribution in [0, 0.1) is 0 Å². The summed E-state index contributed by atoms with van der Waals surface area (Å²) < 4.78 is 27.7. The number of nitrogens with one attached hydrogen (secondary N) is 1. The predicted molar refractivity (Wildman–Crippen MR) is 96.0 cm³/mol. The number of benzene rings is 2. The minimum absolute atomic E-state index is 0. The zero-order chi connectivity index (χ0) is 15.6. The largest absolute Gasteiger partial charge is 0.399 e. The molecule has 0 spiro atoms. The van der Waals surface area contributed by atoms with Crippen LogP contribution in [0.1, 0.15) is 35.6 Å². The van der Waals surface area contributed by atoms with Crippen molar-refractivity contribution in [3.63, 3.8) is 0 Å². The van der Waals surface area contributed by atoms with Crippen molar-refractivity contribution in [3.8, 4) is 0 Å². The van der Waals surface area contributed by atoms with E-state index in [0.717, 1.165) is 41.6 Å². The van der Waals surface area contributed by atoms with Crippen molar-refractivity contribution in [2.24, 2.45) is 0 Å². The maximum absolute atomic E-state index is 12.4. The molecule has 2 aromatic carbocycles. The van der Waals surface area contributed by atoms with Crippen LogP contribution in [-0.4, -0.2) is 8.42 Å². The van der Waals surface area contributed by atoms with Gasteiger partial charge in [-0.3, -0.25) is 0 Å². The van der Waals surface area contributed by atoms with E-state index in [-0.39, 0.29) is 24.2 Å². The van der Waals surface area contributed by atoms with Crippen molar-refractivity contribution in [1.82, 2.24) is 4.72 Å². The van der Waals surface area contributed by atoms with Gasteiger partial charge in [-0.1, -0.05) is 36.4 Å². The lowest BCUT2D eigenvalue weighted by Crippen LogP contribution is -2.32. The number of halogens is 1. The number of nitrogen functional groups attached to an aromatic ring is 1. The molecule has 0 saturated carbocycles. The zero-order valence-corrected chi connectivity index (χ0v) is 14.4. The highest BCUT2D eigenvalue weighted by Gasteiger charge is 2.24. The first-order valence-corrected chi connectivity index (χ1v) is 9.11. The summed E-state index contributed by atoms with van der Waals surface area (Å²) in [4.78, 5) is 0. The quantitative estimate of drug-likeness (QED) is 0.830. The second-order valence-corrected chi connectivity index (χ2v) is 7.52. The van der Waals surface area contributed by atoms with Gasteiger partial charge in [0, 0.05) is 11.7 Å². The molecule has 1 atom stereocenters. The number of nitrogens with two attached hydrogens (primary N) is 1. The predicted octanol–water partition coefficient (Wildman–Crippen LogP) is 3.19. The van der Waals surface area contributed by atoms with Gasteiger partial charge < -0.3 is 5.73 Å². The third kappa shape index (κ3) is 4.47. The first kappa shape index (κ1) is 17.8. The summed E-state index contributed by atoms with van der Waals surface area (Å²) in [5.74, 6) is 0.00858. The lowest BCUT2D eigenvalue weighted by Gasteiger charge is -2.26. The number of hydrogen-bond donors (Lipinski definition) is 2. The molecule has 0 bridgehead atoms. The highest BCUT2D eigenvalue weighted by molar-refractivity contribution is 7.88. The third-order valence-corrected chi connectivity index (χ3v) is 5.36. The molecule has 3 N–H and O–H groups in total. The molecule has 0 radical (unpaired) electrons. The minimum atomic E-state index is -3.37. The summed E-state index contributed by atoms with van der Waals surface area (Å²) in [6, 6.07) is 14.8. The molecule has 0 fully saturated rings. The topological polar surface area (TPSA) is 72.2 Å². The van der Waals surface area contributed by atoms with Crippen LogP contribution in [0.15, 0.2) is 48.5 Å². The van der Waals surface area contributed by atoms with Crippen molar-refractivity contribution in [1.29, 1.82) is 0 Å². The van der Waals surface area contributed by atoms with E-state index < -0.39 is 10.0 Å². The van der Waals surface area contributed by atoms with Gasteiger partial charge in [-0.05, 0) is 48.1 Å². The Kier molecular flexibility index (Phi) is 5.68. The fourth-order valence-electron chi connectivity index (χ4n) is 3.01. The average Bonchev–Trinajstić information content (AvgIpc) is 2.47. The molecular formula is C17H21ClN2O2S. The van der Waals surface area contributed by atoms with Crippen LogP contribution in [0.2, 0.25) is 0 Å². The lowest BCUT2D eigenvalue weighted by molar-refractivity contribution is 0.507. The van der Waals surface area contributed by atoms with Crippen molar-refractivity contribution in [3.05, 3.63) is 65.2 Å². The Bertz CT molecular complexity index is 763. The standard InChI is InChI=1S/C17H20N2O2S.ClH/c18-15-9-10-16-14(11-15)7-4-8-17(16)19-22(20,21)12-13-5-2-1-3-6-13;/h1-3,5-6,9-11,17,19H,4,7-8,12,18H2;1H. The fraction of sp³-hybridized carbons (Fsp3) is 0.294. The monoisotopic (exact) mass is 352 g/mol. The van der Waals surface area contributed by atoms with Gasteiger partial charge in [-0.25, -0.2) is 13.1 Å². The number of sulfonamides is 1. The molecule has 0 aliphatic heterocycles. The van der Waals surface area contributed by atoms with Crippen molar-refractivity contribution >= 4 is 28.1 Å². The molecule has 1 aliphatic carbocycles. The summed E-state index contributed by atoms with van der Waals surface area (Å²) in [5, 5.41) is 0. The molecule has 0 amide bonds. The average molecular weight is 353 g/mol. The summed E-state index contributed by atoms with van der Waals surface area (Å²) in [6.45, 7) is 0. The van der Waals surface area contributed by atoms with Crippen LogP contribution in [0.3, 0.4) is 0 Å². The van der Waals surface area contributed by atoms with Gasteiger partial charge in [0.15, 0.2) is 0 Å². The molecule has 0 aromatic heterocycles. The van der Waals surface area contributed by atoms with E-state index in [1.807, 2.05) is 48.5 Å². The van der Waals surface area contributed by atoms with Gasteiger partial charge in [-0.15, -0.1) is 12.4 Å². The Morgan fingerprint density at radius 1 is 1.13 bits per heavy atom. The summed E-state index contributed by atoms with van der Waals surface area (Å²) in [5.41, 5.74) is 9.55. The summed E-state index contributed by atoms with van der Waals surface area (Å²) in [7, 11) is -3.37. The third-order valence-electron chi connectivity index (χ3n) is 4.00. The van der Waals surface area contributed by atoms with Crippen molar-refractivity contribution in [2.45, 2.75) is 31.1 Å². The number of aryl methyl sites for hydroxylation is 1. The van der Waals surface area contributed by atoms with E-state index in [9.17, 15) is 8.42 Å². The van der Waals surface area contributed by atoms with Crippen molar-refractivity contribution in [2.75, 3.05) is 5.73 Å². The van der Waals surface area contributed by atoms with Crippen LogP contribution < -0.4 is 10.5 Å². The summed E-state index contributed by atoms with van der Waals surface area (Å²) in [6.07, 6.45) is 2.75. The Morgan fingerprint density at radius 2 is 1.87 bits per heavy atom. The molecule has 23 heavy (non-hydrogen) atoms. The van der Waals surface area contributed by atoms with Gasteiger partial charge in [-0.2, -0.15) is 0 Å². The van der Waals surface area contributed by atoms with Gasteiger partial charge in [0.05, 0.1) is 5.75 Å². The molecule has 1 unspecified atom stereocenters. The maximum atomic E-state index is 12.4. The van der Waals surface area contributed by atoms with Crippen LogP contribution in [0.25, 0.3) is 0 Å². The summed E-state index contributed by atoms with van der Waals surface area (Å²) >= 11 is 0. The maximum Gasteiger partial charge on any atom is 0.216 e. The second-order valence-electron chi connectivity index (χ2n) is 5.77. The first-order valence-electron chi connectivity index (χ1n) is 7.46. The second kappa shape index (κ2) is 7.34. The van der Waals surface area contributed by atoms with Gasteiger partial charge >= 0.3 is 0 Å². The van der Waals surface area contributed by atoms with Gasteiger partial charge in [0.2, 0.25) is 10.0 Å². The molecular weight excluding hydrogens is 332 g/mol. The smallest absolute Gasteiger partial charge is 0.216 e. The van der Waals surface area contributed by atoms with E-state index in [1.54, 1.807) is 0 Å². The zero-order valence-electron chi connectivity index (χ0n) is 12.7. The SMILES string of the molecule is Cl.Nc1ccc2c(c1)CCCC2NS(=O)(=O)Cc1ccccc1. The molecule has 124 valence electrons. The Morgan fingerprint density at radius 3 is 2.61 bits per heavy atom. The van der Waals surface area contributed by atoms with E-state index in [0.29, 0.717) is 0 Å². The fourth-order valence-corrected chi connectivity index (χ4v) is 4.40. The van der Waals surface area contributed by atoms with Gasteiger partial charge in [0.1, 0.15) is 0 Å². The first-order chi connectivity index (χ1) is 10.5. The molecule has 3 rings (SSSR count). The Labute approximate surface area is 143 Å². The molecule has 2 aromatic rings. The number of hydrogen-bond acceptors (Lipinski definition) is 3. The molecule has 0 heterocycles. The molecule has 6 heteroatoms. The van der Waals surface area contributed by atoms with E-state index in [4.69, 9.17) is 5.73 Å². The van der Waals surface area contributed by atoms with Crippen molar-refractivity contribution < 1.29 is 8.42 Å². The molecule has 0 saturated heterocycles. The van der Waals surface area contributed by atoms with E-state index >= 15 is 0 Å². The Hall–Kier alpha value is -1.56. The Balaban J connectivity index is 0.00000192. The molecule has 1 aliphatic rings. The molecule has 4 nitrogen and oxygen atoms in total. The van der Waals surface area contributed by atoms with Crippen LogP contribution in [0.4, 0.5) is 5.69 Å². The highest BCUT2D eigenvalue weighted by Crippen LogP contribution is 2.31. The van der Waals surface area contributed by atoms with Crippen LogP contribution in [-0.2, 0) is 22.2 Å².